The Labute approximate surface area is 97.0 Å². The van der Waals surface area contributed by atoms with E-state index in [1.165, 1.54) is 19.3 Å². The average molecular weight is 230 g/mol. The summed E-state index contributed by atoms with van der Waals surface area (Å²) in [5.74, 6) is 0.957. The Morgan fingerprint density at radius 2 is 2.33 bits per heavy atom. The number of carbonyl (C=O) groups is 1. The van der Waals surface area contributed by atoms with E-state index in [4.69, 9.17) is 0 Å². The van der Waals surface area contributed by atoms with Gasteiger partial charge in [0.15, 0.2) is 0 Å². The molecule has 0 radical (unpaired) electrons. The number of nitrogens with zero attached hydrogens (tertiary/aromatic N) is 1. The first-order chi connectivity index (χ1) is 7.29. The molecule has 15 heavy (non-hydrogen) atoms. The van der Waals surface area contributed by atoms with Gasteiger partial charge in [-0.1, -0.05) is 0 Å². The molecule has 3 nitrogen and oxygen atoms in total. The van der Waals surface area contributed by atoms with Crippen molar-refractivity contribution < 1.29 is 4.79 Å². The third-order valence-corrected chi connectivity index (χ3v) is 3.48. The van der Waals surface area contributed by atoms with Crippen LogP contribution in [0.25, 0.3) is 0 Å². The highest BCUT2D eigenvalue weighted by atomic mass is 32.2. The van der Waals surface area contributed by atoms with Crippen LogP contribution in [0.4, 0.5) is 0 Å². The molecule has 1 amide bonds. The van der Waals surface area contributed by atoms with Crippen LogP contribution in [-0.2, 0) is 4.79 Å². The van der Waals surface area contributed by atoms with Gasteiger partial charge >= 0.3 is 0 Å². The summed E-state index contributed by atoms with van der Waals surface area (Å²) in [4.78, 5) is 14.0. The molecule has 1 N–H and O–H groups in total. The van der Waals surface area contributed by atoms with E-state index in [2.05, 4.69) is 10.2 Å². The third kappa shape index (κ3) is 4.03. The standard InChI is InChI=1S/C11H22N2OS/c1-12-7-6-10-5-3-4-8-13(10)11(14)9-15-2/h10,12H,3-9H2,1-2H3. The molecule has 1 aliphatic heterocycles. The lowest BCUT2D eigenvalue weighted by Gasteiger charge is -2.35. The van der Waals surface area contributed by atoms with Gasteiger partial charge in [-0.3, -0.25) is 4.79 Å². The maximum atomic E-state index is 11.9. The second kappa shape index (κ2) is 7.12. The van der Waals surface area contributed by atoms with E-state index in [1.807, 2.05) is 13.3 Å². The highest BCUT2D eigenvalue weighted by molar-refractivity contribution is 7.99. The monoisotopic (exact) mass is 230 g/mol. The van der Waals surface area contributed by atoms with E-state index in [0.29, 0.717) is 17.7 Å². The lowest BCUT2D eigenvalue weighted by molar-refractivity contribution is -0.132. The second-order valence-corrected chi connectivity index (χ2v) is 4.93. The number of amides is 1. The summed E-state index contributed by atoms with van der Waals surface area (Å²) < 4.78 is 0. The molecule has 0 bridgehead atoms. The highest BCUT2D eigenvalue weighted by Crippen LogP contribution is 2.20. The van der Waals surface area contributed by atoms with Gasteiger partial charge in [0.2, 0.25) is 5.91 Å². The smallest absolute Gasteiger partial charge is 0.232 e. The zero-order chi connectivity index (χ0) is 11.1. The van der Waals surface area contributed by atoms with Crippen LogP contribution < -0.4 is 5.32 Å². The molecule has 1 unspecified atom stereocenters. The molecule has 0 aromatic heterocycles. The molecule has 0 saturated carbocycles. The molecule has 1 heterocycles. The first-order valence-corrected chi connectivity index (χ1v) is 7.12. The Bertz CT molecular complexity index is 199. The zero-order valence-corrected chi connectivity index (χ0v) is 10.6. The average Bonchev–Trinajstić information content (AvgIpc) is 2.27. The van der Waals surface area contributed by atoms with E-state index in [-0.39, 0.29) is 0 Å². The Hall–Kier alpha value is -0.220. The van der Waals surface area contributed by atoms with Crippen LogP contribution in [0.1, 0.15) is 25.7 Å². The summed E-state index contributed by atoms with van der Waals surface area (Å²) in [6.07, 6.45) is 6.72. The predicted molar refractivity (Wildman–Crippen MR) is 66.3 cm³/mol. The first kappa shape index (κ1) is 12.8. The van der Waals surface area contributed by atoms with Gasteiger partial charge in [-0.2, -0.15) is 11.8 Å². The fourth-order valence-corrected chi connectivity index (χ4v) is 2.56. The number of likely N-dealkylation sites (tertiary alicyclic amines) is 1. The van der Waals surface area contributed by atoms with Crippen molar-refractivity contribution in [1.29, 1.82) is 0 Å². The lowest BCUT2D eigenvalue weighted by atomic mass is 9.99. The van der Waals surface area contributed by atoms with Crippen LogP contribution in [0.2, 0.25) is 0 Å². The summed E-state index contributed by atoms with van der Waals surface area (Å²) >= 11 is 1.62. The van der Waals surface area contributed by atoms with Crippen molar-refractivity contribution in [2.24, 2.45) is 0 Å². The molecule has 1 aliphatic rings. The molecule has 0 aromatic rings. The van der Waals surface area contributed by atoms with E-state index >= 15 is 0 Å². The molecular weight excluding hydrogens is 208 g/mol. The number of hydrogen-bond donors (Lipinski definition) is 1. The van der Waals surface area contributed by atoms with Gasteiger partial charge in [0, 0.05) is 12.6 Å². The van der Waals surface area contributed by atoms with Gasteiger partial charge in [-0.05, 0) is 45.5 Å². The topological polar surface area (TPSA) is 32.3 Å². The normalized spacial score (nSPS) is 21.7. The Balaban J connectivity index is 2.45. The van der Waals surface area contributed by atoms with Crippen molar-refractivity contribution in [2.45, 2.75) is 31.7 Å². The van der Waals surface area contributed by atoms with E-state index in [9.17, 15) is 4.79 Å². The van der Waals surface area contributed by atoms with Crippen LogP contribution >= 0.6 is 11.8 Å². The van der Waals surface area contributed by atoms with E-state index in [1.54, 1.807) is 11.8 Å². The third-order valence-electron chi connectivity index (χ3n) is 2.94. The van der Waals surface area contributed by atoms with Gasteiger partial charge in [-0.15, -0.1) is 0 Å². The largest absolute Gasteiger partial charge is 0.339 e. The van der Waals surface area contributed by atoms with Crippen molar-refractivity contribution in [1.82, 2.24) is 10.2 Å². The van der Waals surface area contributed by atoms with Gasteiger partial charge in [-0.25, -0.2) is 0 Å². The first-order valence-electron chi connectivity index (χ1n) is 5.72. The number of rotatable bonds is 5. The fraction of sp³-hybridized carbons (Fsp3) is 0.909. The zero-order valence-electron chi connectivity index (χ0n) is 9.79. The molecule has 1 atom stereocenters. The van der Waals surface area contributed by atoms with Gasteiger partial charge in [0.05, 0.1) is 5.75 Å². The van der Waals surface area contributed by atoms with Crippen molar-refractivity contribution >= 4 is 17.7 Å². The van der Waals surface area contributed by atoms with E-state index in [0.717, 1.165) is 19.5 Å². The Morgan fingerprint density at radius 3 is 3.00 bits per heavy atom. The maximum absolute atomic E-state index is 11.9. The molecule has 88 valence electrons. The second-order valence-electron chi connectivity index (χ2n) is 4.06. The minimum atomic E-state index is 0.323. The molecule has 1 rings (SSSR count). The predicted octanol–water partition coefficient (Wildman–Crippen LogP) is 1.34. The summed E-state index contributed by atoms with van der Waals surface area (Å²) in [5.41, 5.74) is 0. The van der Waals surface area contributed by atoms with E-state index < -0.39 is 0 Å². The summed E-state index contributed by atoms with van der Waals surface area (Å²) in [5, 5.41) is 3.16. The summed E-state index contributed by atoms with van der Waals surface area (Å²) in [6, 6.07) is 0.478. The SMILES string of the molecule is CNCCC1CCCCN1C(=O)CSC. The number of thioether (sulfide) groups is 1. The highest BCUT2D eigenvalue weighted by Gasteiger charge is 2.25. The van der Waals surface area contributed by atoms with Crippen LogP contribution in [0.5, 0.6) is 0 Å². The minimum absolute atomic E-state index is 0.323. The van der Waals surface area contributed by atoms with Crippen LogP contribution in [-0.4, -0.2) is 49.0 Å². The van der Waals surface area contributed by atoms with Crippen molar-refractivity contribution in [2.75, 3.05) is 32.1 Å². The summed E-state index contributed by atoms with van der Waals surface area (Å²) in [6.45, 7) is 1.97. The van der Waals surface area contributed by atoms with Gasteiger partial charge in [0.25, 0.3) is 0 Å². The molecule has 1 saturated heterocycles. The van der Waals surface area contributed by atoms with Crippen LogP contribution in [0.15, 0.2) is 0 Å². The number of nitrogens with one attached hydrogen (secondary N) is 1. The molecule has 0 aliphatic carbocycles. The number of piperidine rings is 1. The number of hydrogen-bond acceptors (Lipinski definition) is 3. The molecular formula is C11H22N2OS. The molecule has 4 heteroatoms. The molecule has 1 fully saturated rings. The Kier molecular flexibility index (Phi) is 6.10. The quantitative estimate of drug-likeness (QED) is 0.773. The number of carbonyl (C=O) groups excluding carboxylic acids is 1. The van der Waals surface area contributed by atoms with Crippen molar-refractivity contribution in [3.05, 3.63) is 0 Å². The van der Waals surface area contributed by atoms with Gasteiger partial charge < -0.3 is 10.2 Å². The molecule has 0 spiro atoms. The Morgan fingerprint density at radius 1 is 1.53 bits per heavy atom. The fourth-order valence-electron chi connectivity index (χ4n) is 2.15. The summed E-state index contributed by atoms with van der Waals surface area (Å²) in [7, 11) is 1.97. The minimum Gasteiger partial charge on any atom is -0.339 e. The van der Waals surface area contributed by atoms with Crippen molar-refractivity contribution in [3.8, 4) is 0 Å². The molecule has 0 aromatic carbocycles. The van der Waals surface area contributed by atoms with Crippen molar-refractivity contribution in [3.63, 3.8) is 0 Å². The lowest BCUT2D eigenvalue weighted by Crippen LogP contribution is -2.45. The van der Waals surface area contributed by atoms with Crippen LogP contribution in [0, 0.1) is 0 Å². The van der Waals surface area contributed by atoms with Gasteiger partial charge in [0.1, 0.15) is 0 Å². The van der Waals surface area contributed by atoms with Crippen LogP contribution in [0.3, 0.4) is 0 Å². The maximum Gasteiger partial charge on any atom is 0.232 e.